The molecule has 0 spiro atoms. The zero-order valence-corrected chi connectivity index (χ0v) is 14.0. The van der Waals surface area contributed by atoms with Crippen LogP contribution in [0.25, 0.3) is 0 Å². The summed E-state index contributed by atoms with van der Waals surface area (Å²) in [5, 5.41) is 11.2. The van der Waals surface area contributed by atoms with Crippen molar-refractivity contribution in [3.63, 3.8) is 0 Å². The summed E-state index contributed by atoms with van der Waals surface area (Å²) in [5.41, 5.74) is -1.05. The van der Waals surface area contributed by atoms with Gasteiger partial charge in [-0.15, -0.1) is 0 Å². The second-order valence-electron chi connectivity index (χ2n) is 7.78. The summed E-state index contributed by atoms with van der Waals surface area (Å²) < 4.78 is 16.2. The highest BCUT2D eigenvalue weighted by Gasteiger charge is 2.68. The second kappa shape index (κ2) is 5.38. The average Bonchev–Trinajstić information content (AvgIpc) is 3.13. The molecule has 0 amide bonds. The first kappa shape index (κ1) is 16.1. The van der Waals surface area contributed by atoms with Gasteiger partial charge >= 0.3 is 6.16 Å². The fourth-order valence-corrected chi connectivity index (χ4v) is 5.35. The van der Waals surface area contributed by atoms with Crippen LogP contribution in [0, 0.1) is 23.2 Å². The van der Waals surface area contributed by atoms with Gasteiger partial charge in [-0.1, -0.05) is 33.6 Å². The number of rotatable bonds is 3. The van der Waals surface area contributed by atoms with E-state index in [1.807, 2.05) is 0 Å². The average molecular weight is 312 g/mol. The Morgan fingerprint density at radius 1 is 1.27 bits per heavy atom. The largest absolute Gasteiger partial charge is 0.507 e. The highest BCUT2D eigenvalue weighted by Crippen LogP contribution is 2.62. The molecule has 2 aliphatic heterocycles. The maximum absolute atomic E-state index is 11.4. The molecule has 2 saturated heterocycles. The maximum atomic E-state index is 11.4. The van der Waals surface area contributed by atoms with Gasteiger partial charge in [-0.05, 0) is 24.7 Å². The second-order valence-corrected chi connectivity index (χ2v) is 7.78. The molecule has 0 aromatic heterocycles. The molecule has 2 heterocycles. The Kier molecular flexibility index (Phi) is 3.92. The Morgan fingerprint density at radius 3 is 2.50 bits per heavy atom. The van der Waals surface area contributed by atoms with Crippen LogP contribution >= 0.6 is 0 Å². The van der Waals surface area contributed by atoms with Gasteiger partial charge in [0.25, 0.3) is 0 Å². The molecule has 22 heavy (non-hydrogen) atoms. The summed E-state index contributed by atoms with van der Waals surface area (Å²) in [7, 11) is 1.31. The van der Waals surface area contributed by atoms with E-state index in [-0.39, 0.29) is 30.1 Å². The summed E-state index contributed by atoms with van der Waals surface area (Å²) in [6.07, 6.45) is 3.16. The molecule has 2 bridgehead atoms. The highest BCUT2D eigenvalue weighted by atomic mass is 16.7. The summed E-state index contributed by atoms with van der Waals surface area (Å²) in [6.45, 7) is 6.75. The van der Waals surface area contributed by atoms with Crippen LogP contribution in [0.1, 0.15) is 46.5 Å². The van der Waals surface area contributed by atoms with Gasteiger partial charge < -0.3 is 19.3 Å². The van der Waals surface area contributed by atoms with Gasteiger partial charge in [0.15, 0.2) is 0 Å². The lowest BCUT2D eigenvalue weighted by Gasteiger charge is -2.48. The summed E-state index contributed by atoms with van der Waals surface area (Å²) in [6, 6.07) is 0. The van der Waals surface area contributed by atoms with Crippen molar-refractivity contribution in [3.8, 4) is 0 Å². The van der Waals surface area contributed by atoms with E-state index in [0.717, 1.165) is 25.7 Å². The van der Waals surface area contributed by atoms with Crippen molar-refractivity contribution in [1.29, 1.82) is 0 Å². The first-order chi connectivity index (χ1) is 10.3. The SMILES string of the molecule is COC(=O)OCC1(C)C2OC(C(C)C2C)C1C1(O)CCCC1. The first-order valence-corrected chi connectivity index (χ1v) is 8.42. The van der Waals surface area contributed by atoms with Crippen molar-refractivity contribution < 1.29 is 24.1 Å². The van der Waals surface area contributed by atoms with Crippen molar-refractivity contribution in [2.75, 3.05) is 13.7 Å². The van der Waals surface area contributed by atoms with E-state index in [2.05, 4.69) is 25.5 Å². The molecule has 1 saturated carbocycles. The molecule has 6 unspecified atom stereocenters. The summed E-state index contributed by atoms with van der Waals surface area (Å²) >= 11 is 0. The Hall–Kier alpha value is -0.810. The number of hydrogen-bond donors (Lipinski definition) is 1. The molecular formula is C17H28O5. The number of methoxy groups -OCH3 is 1. The third-order valence-corrected chi connectivity index (χ3v) is 6.53. The Labute approximate surface area is 132 Å². The molecule has 3 aliphatic rings. The fraction of sp³-hybridized carbons (Fsp3) is 0.941. The van der Waals surface area contributed by atoms with E-state index >= 15 is 0 Å². The number of hydrogen-bond acceptors (Lipinski definition) is 5. The monoisotopic (exact) mass is 312 g/mol. The molecular weight excluding hydrogens is 284 g/mol. The van der Waals surface area contributed by atoms with Gasteiger partial charge in [0.1, 0.15) is 6.61 Å². The quantitative estimate of drug-likeness (QED) is 0.812. The van der Waals surface area contributed by atoms with E-state index in [1.54, 1.807) is 0 Å². The van der Waals surface area contributed by atoms with Crippen LogP contribution in [0.3, 0.4) is 0 Å². The molecule has 0 radical (unpaired) electrons. The van der Waals surface area contributed by atoms with Crippen LogP contribution in [-0.4, -0.2) is 42.8 Å². The van der Waals surface area contributed by atoms with Gasteiger partial charge in [0, 0.05) is 11.3 Å². The summed E-state index contributed by atoms with van der Waals surface area (Å²) in [4.78, 5) is 11.4. The lowest BCUT2D eigenvalue weighted by Crippen LogP contribution is -2.56. The Bertz CT molecular complexity index is 444. The van der Waals surface area contributed by atoms with Gasteiger partial charge in [0.05, 0.1) is 24.9 Å². The van der Waals surface area contributed by atoms with Crippen LogP contribution in [0.2, 0.25) is 0 Å². The lowest BCUT2D eigenvalue weighted by molar-refractivity contribution is -0.108. The summed E-state index contributed by atoms with van der Waals surface area (Å²) in [5.74, 6) is 0.840. The number of fused-ring (bicyclic) bond motifs is 2. The normalized spacial score (nSPS) is 46.0. The number of carbonyl (C=O) groups excluding carboxylic acids is 1. The fourth-order valence-electron chi connectivity index (χ4n) is 5.35. The van der Waals surface area contributed by atoms with E-state index < -0.39 is 11.8 Å². The van der Waals surface area contributed by atoms with Gasteiger partial charge in [-0.3, -0.25) is 0 Å². The highest BCUT2D eigenvalue weighted by molar-refractivity contribution is 5.59. The standard InChI is InChI=1S/C17H28O5/c1-10-11(2)14-16(3,9-21-15(18)20-4)13(12(10)22-14)17(19)7-5-6-8-17/h10-14,19H,5-9H2,1-4H3. The van der Waals surface area contributed by atoms with Crippen molar-refractivity contribution in [1.82, 2.24) is 0 Å². The number of carbonyl (C=O) groups is 1. The number of aliphatic hydroxyl groups is 1. The molecule has 126 valence electrons. The van der Waals surface area contributed by atoms with Crippen molar-refractivity contribution >= 4 is 6.16 Å². The molecule has 6 atom stereocenters. The third-order valence-electron chi connectivity index (χ3n) is 6.53. The number of ether oxygens (including phenoxy) is 3. The zero-order valence-electron chi connectivity index (χ0n) is 14.0. The molecule has 0 aromatic carbocycles. The molecule has 5 heteroatoms. The van der Waals surface area contributed by atoms with Crippen molar-refractivity contribution in [2.24, 2.45) is 23.2 Å². The van der Waals surface area contributed by atoms with E-state index in [9.17, 15) is 9.90 Å². The van der Waals surface area contributed by atoms with Crippen LogP contribution in [0.15, 0.2) is 0 Å². The minimum absolute atomic E-state index is 0.0170. The molecule has 3 rings (SSSR count). The zero-order chi connectivity index (χ0) is 16.1. The van der Waals surface area contributed by atoms with Gasteiger partial charge in [-0.2, -0.15) is 0 Å². The molecule has 1 N–H and O–H groups in total. The molecule has 5 nitrogen and oxygen atoms in total. The van der Waals surface area contributed by atoms with E-state index in [0.29, 0.717) is 11.8 Å². The van der Waals surface area contributed by atoms with Crippen molar-refractivity contribution in [2.45, 2.75) is 64.3 Å². The maximum Gasteiger partial charge on any atom is 0.507 e. The topological polar surface area (TPSA) is 65.0 Å². The van der Waals surface area contributed by atoms with E-state index in [1.165, 1.54) is 7.11 Å². The minimum atomic E-state index is -0.692. The molecule has 3 fully saturated rings. The predicted octanol–water partition coefficient (Wildman–Crippen LogP) is 2.75. The lowest BCUT2D eigenvalue weighted by atomic mass is 9.56. The molecule has 0 aromatic rings. The van der Waals surface area contributed by atoms with Gasteiger partial charge in [0.2, 0.25) is 0 Å². The Morgan fingerprint density at radius 2 is 1.91 bits per heavy atom. The van der Waals surface area contributed by atoms with Crippen LogP contribution in [0.4, 0.5) is 4.79 Å². The van der Waals surface area contributed by atoms with Crippen molar-refractivity contribution in [3.05, 3.63) is 0 Å². The Balaban J connectivity index is 1.89. The molecule has 1 aliphatic carbocycles. The van der Waals surface area contributed by atoms with Gasteiger partial charge in [-0.25, -0.2) is 4.79 Å². The van der Waals surface area contributed by atoms with E-state index in [4.69, 9.17) is 9.47 Å². The van der Waals surface area contributed by atoms with Crippen LogP contribution < -0.4 is 0 Å². The van der Waals surface area contributed by atoms with Crippen LogP contribution in [-0.2, 0) is 14.2 Å². The van der Waals surface area contributed by atoms with Crippen LogP contribution in [0.5, 0.6) is 0 Å². The smallest absolute Gasteiger partial charge is 0.438 e. The minimum Gasteiger partial charge on any atom is -0.438 e. The predicted molar refractivity (Wildman–Crippen MR) is 80.4 cm³/mol. The first-order valence-electron chi connectivity index (χ1n) is 8.42. The third kappa shape index (κ3) is 2.16.